The fourth-order valence-electron chi connectivity index (χ4n) is 0.612. The quantitative estimate of drug-likeness (QED) is 0.504. The number of allylic oxidation sites excluding steroid dienone is 1. The number of cyclic esters (lactones) is 2. The molecule has 0 amide bonds. The highest BCUT2D eigenvalue weighted by Gasteiger charge is 2.15. The number of carbonyl (C=O) groups excluding carboxylic acids is 2. The molecule has 0 spiro atoms. The van der Waals surface area contributed by atoms with E-state index in [-0.39, 0.29) is 5.95 Å². The van der Waals surface area contributed by atoms with Crippen LogP contribution in [0.4, 0.5) is 0 Å². The predicted octanol–water partition coefficient (Wildman–Crippen LogP) is 0.894. The molecule has 1 aliphatic heterocycles. The van der Waals surface area contributed by atoms with Crippen LogP contribution < -0.4 is 0 Å². The van der Waals surface area contributed by atoms with E-state index in [1.165, 1.54) is 0 Å². The molecule has 0 fully saturated rings. The molecular weight excluding hydrogens is 160 g/mol. The zero-order valence-corrected chi connectivity index (χ0v) is 6.79. The second-order valence-electron chi connectivity index (χ2n) is 2.46. The molecule has 0 aromatic rings. The minimum Gasteiger partial charge on any atom is -0.389 e. The van der Waals surface area contributed by atoms with Crippen molar-refractivity contribution in [3.8, 4) is 0 Å². The van der Waals surface area contributed by atoms with Gasteiger partial charge < -0.3 is 9.47 Å². The van der Waals surface area contributed by atoms with E-state index in [4.69, 9.17) is 0 Å². The van der Waals surface area contributed by atoms with Crippen molar-refractivity contribution in [3.05, 3.63) is 23.7 Å². The van der Waals surface area contributed by atoms with Crippen LogP contribution in [0.25, 0.3) is 0 Å². The van der Waals surface area contributed by atoms with E-state index in [1.807, 2.05) is 0 Å². The lowest BCUT2D eigenvalue weighted by Gasteiger charge is -2.04. The average molecular weight is 168 g/mol. The molecule has 0 N–H and O–H groups in total. The lowest BCUT2D eigenvalue weighted by atomic mass is 10.4. The second kappa shape index (κ2) is 3.21. The van der Waals surface area contributed by atoms with Gasteiger partial charge in [-0.3, -0.25) is 0 Å². The number of hydrogen-bond acceptors (Lipinski definition) is 4. The molecule has 0 saturated carbocycles. The molecule has 1 aliphatic rings. The lowest BCUT2D eigenvalue weighted by Crippen LogP contribution is -2.04. The van der Waals surface area contributed by atoms with Crippen LogP contribution in [-0.2, 0) is 19.1 Å². The molecule has 4 nitrogen and oxygen atoms in total. The molecule has 64 valence electrons. The monoisotopic (exact) mass is 168 g/mol. The zero-order valence-electron chi connectivity index (χ0n) is 6.79. The molecule has 0 unspecified atom stereocenters. The second-order valence-corrected chi connectivity index (χ2v) is 2.46. The van der Waals surface area contributed by atoms with Gasteiger partial charge in [-0.2, -0.15) is 0 Å². The van der Waals surface area contributed by atoms with Gasteiger partial charge in [0.25, 0.3) is 5.95 Å². The van der Waals surface area contributed by atoms with Crippen LogP contribution >= 0.6 is 0 Å². The van der Waals surface area contributed by atoms with Gasteiger partial charge in [-0.05, 0) is 13.8 Å². The fourth-order valence-corrected chi connectivity index (χ4v) is 0.612. The van der Waals surface area contributed by atoms with Gasteiger partial charge in [0.2, 0.25) is 0 Å². The molecule has 0 bridgehead atoms. The topological polar surface area (TPSA) is 52.6 Å². The van der Waals surface area contributed by atoms with E-state index >= 15 is 0 Å². The summed E-state index contributed by atoms with van der Waals surface area (Å²) in [5, 5.41) is 0. The fraction of sp³-hybridized carbons (Fsp3) is 0.250. The van der Waals surface area contributed by atoms with Crippen molar-refractivity contribution < 1.29 is 19.1 Å². The van der Waals surface area contributed by atoms with Gasteiger partial charge in [0.15, 0.2) is 0 Å². The summed E-state index contributed by atoms with van der Waals surface area (Å²) in [6, 6.07) is 0. The summed E-state index contributed by atoms with van der Waals surface area (Å²) in [7, 11) is 0. The third-order valence-corrected chi connectivity index (χ3v) is 1.15. The maximum Gasteiger partial charge on any atom is 0.338 e. The summed E-state index contributed by atoms with van der Waals surface area (Å²) in [6.07, 6.45) is 2.05. The number of carbonyl (C=O) groups is 2. The van der Waals surface area contributed by atoms with Crippen LogP contribution in [0.15, 0.2) is 23.7 Å². The van der Waals surface area contributed by atoms with Crippen molar-refractivity contribution in [2.45, 2.75) is 13.8 Å². The molecule has 0 aromatic carbocycles. The summed E-state index contributed by atoms with van der Waals surface area (Å²) in [4.78, 5) is 21.5. The normalized spacial score (nSPS) is 16.7. The van der Waals surface area contributed by atoms with Crippen molar-refractivity contribution in [3.63, 3.8) is 0 Å². The Balaban J connectivity index is 2.92. The van der Waals surface area contributed by atoms with Gasteiger partial charge in [-0.1, -0.05) is 0 Å². The van der Waals surface area contributed by atoms with E-state index in [1.54, 1.807) is 13.8 Å². The first-order valence-electron chi connectivity index (χ1n) is 3.39. The van der Waals surface area contributed by atoms with Gasteiger partial charge in [0, 0.05) is 17.7 Å². The van der Waals surface area contributed by atoms with Crippen LogP contribution in [0.2, 0.25) is 0 Å². The summed E-state index contributed by atoms with van der Waals surface area (Å²) >= 11 is 0. The molecular formula is C8H8O4. The summed E-state index contributed by atoms with van der Waals surface area (Å²) in [6.45, 7) is 3.36. The van der Waals surface area contributed by atoms with Gasteiger partial charge in [-0.25, -0.2) is 9.59 Å². The molecule has 0 saturated heterocycles. The van der Waals surface area contributed by atoms with Crippen LogP contribution in [-0.4, -0.2) is 11.9 Å². The highest BCUT2D eigenvalue weighted by molar-refractivity contribution is 5.93. The lowest BCUT2D eigenvalue weighted by molar-refractivity contribution is -0.145. The molecule has 1 rings (SSSR count). The van der Waals surface area contributed by atoms with Crippen molar-refractivity contribution >= 4 is 11.9 Å². The number of rotatable bonds is 0. The van der Waals surface area contributed by atoms with Crippen LogP contribution in [0.3, 0.4) is 0 Å². The van der Waals surface area contributed by atoms with E-state index in [2.05, 4.69) is 9.47 Å². The largest absolute Gasteiger partial charge is 0.389 e. The highest BCUT2D eigenvalue weighted by Crippen LogP contribution is 2.11. The Morgan fingerprint density at radius 3 is 1.83 bits per heavy atom. The maximum absolute atomic E-state index is 10.8. The SMILES string of the molecule is CC(C)=C1OC(=O)C=CC(=O)O1. The van der Waals surface area contributed by atoms with Crippen LogP contribution in [0, 0.1) is 0 Å². The number of esters is 2. The van der Waals surface area contributed by atoms with Gasteiger partial charge in [0.05, 0.1) is 0 Å². The first kappa shape index (κ1) is 8.52. The summed E-state index contributed by atoms with van der Waals surface area (Å²) in [5.41, 5.74) is 0.639. The minimum absolute atomic E-state index is 0.0324. The summed E-state index contributed by atoms with van der Waals surface area (Å²) in [5.74, 6) is -1.23. The molecule has 1 heterocycles. The minimum atomic E-state index is -0.600. The third-order valence-electron chi connectivity index (χ3n) is 1.15. The van der Waals surface area contributed by atoms with E-state index in [0.29, 0.717) is 5.57 Å². The predicted molar refractivity (Wildman–Crippen MR) is 39.7 cm³/mol. The molecule has 0 aliphatic carbocycles. The number of hydrogen-bond donors (Lipinski definition) is 0. The standard InChI is InChI=1S/C8H8O4/c1-5(2)8-11-6(9)3-4-7(10)12-8/h3-4H,1-2H3. The van der Waals surface area contributed by atoms with E-state index in [9.17, 15) is 9.59 Å². The first-order chi connectivity index (χ1) is 5.59. The summed E-state index contributed by atoms with van der Waals surface area (Å²) < 4.78 is 9.31. The van der Waals surface area contributed by atoms with Crippen LogP contribution in [0.1, 0.15) is 13.8 Å². The van der Waals surface area contributed by atoms with Crippen molar-refractivity contribution in [2.24, 2.45) is 0 Å². The van der Waals surface area contributed by atoms with E-state index < -0.39 is 11.9 Å². The molecule has 4 heteroatoms. The Bertz CT molecular complexity index is 259. The molecule has 0 aromatic heterocycles. The Hall–Kier alpha value is -1.58. The maximum atomic E-state index is 10.8. The van der Waals surface area contributed by atoms with Crippen LogP contribution in [0.5, 0.6) is 0 Å². The van der Waals surface area contributed by atoms with Gasteiger partial charge >= 0.3 is 11.9 Å². The van der Waals surface area contributed by atoms with Crippen molar-refractivity contribution in [1.29, 1.82) is 0 Å². The first-order valence-corrected chi connectivity index (χ1v) is 3.39. The van der Waals surface area contributed by atoms with Crippen molar-refractivity contribution in [1.82, 2.24) is 0 Å². The molecule has 0 atom stereocenters. The Labute approximate surface area is 69.5 Å². The third kappa shape index (κ3) is 1.95. The Morgan fingerprint density at radius 2 is 1.50 bits per heavy atom. The smallest absolute Gasteiger partial charge is 0.338 e. The Morgan fingerprint density at radius 1 is 1.08 bits per heavy atom. The number of ether oxygens (including phenoxy) is 2. The molecule has 12 heavy (non-hydrogen) atoms. The molecule has 0 radical (unpaired) electrons. The van der Waals surface area contributed by atoms with Gasteiger partial charge in [0.1, 0.15) is 0 Å². The van der Waals surface area contributed by atoms with E-state index in [0.717, 1.165) is 12.2 Å². The van der Waals surface area contributed by atoms with Gasteiger partial charge in [-0.15, -0.1) is 0 Å². The zero-order chi connectivity index (χ0) is 9.14. The average Bonchev–Trinajstić information content (AvgIpc) is 2.13. The van der Waals surface area contributed by atoms with Crippen molar-refractivity contribution in [2.75, 3.05) is 0 Å². The Kier molecular flexibility index (Phi) is 2.28. The highest BCUT2D eigenvalue weighted by atomic mass is 16.7.